The number of rotatable bonds is 4. The van der Waals surface area contributed by atoms with E-state index >= 15 is 0 Å². The molecule has 34 heavy (non-hydrogen) atoms. The van der Waals surface area contributed by atoms with E-state index in [0.717, 1.165) is 6.42 Å². The average Bonchev–Trinajstić information content (AvgIpc) is 3.57. The van der Waals surface area contributed by atoms with Crippen molar-refractivity contribution in [2.75, 3.05) is 0 Å². The van der Waals surface area contributed by atoms with Gasteiger partial charge in [0.1, 0.15) is 0 Å². The summed E-state index contributed by atoms with van der Waals surface area (Å²) in [6.45, 7) is 0. The zero-order valence-electron chi connectivity index (χ0n) is 18.9. The predicted octanol–water partition coefficient (Wildman–Crippen LogP) is 7.90. The molecular weight excluding hydrogens is 412 g/mol. The van der Waals surface area contributed by atoms with Gasteiger partial charge in [0.15, 0.2) is 0 Å². The quantitative estimate of drug-likeness (QED) is 0.280. The molecule has 0 saturated carbocycles. The van der Waals surface area contributed by atoms with E-state index in [0.29, 0.717) is 11.8 Å². The van der Waals surface area contributed by atoms with Crippen LogP contribution in [0.5, 0.6) is 0 Å². The number of para-hydroxylation sites is 2. The van der Waals surface area contributed by atoms with Gasteiger partial charge in [0.05, 0.1) is 0 Å². The van der Waals surface area contributed by atoms with E-state index in [1.54, 1.807) is 0 Å². The van der Waals surface area contributed by atoms with Crippen molar-refractivity contribution in [3.63, 3.8) is 0 Å². The van der Waals surface area contributed by atoms with Crippen LogP contribution in [0.25, 0.3) is 21.8 Å². The standard InChI is InChI=1S/C32H26N2/c1-3-11-21(12-4-1)19-25-29(22-13-5-2-6-14-22)31(26-20-33-27-17-9-7-15-23(26)27)32-30(25)24-16-8-10-18-28(24)34-32/h1-18,20,25,29,31,33-34H,19H2/t25-,29-,31+/m1/s1. The van der Waals surface area contributed by atoms with Crippen molar-refractivity contribution in [1.29, 1.82) is 0 Å². The Morgan fingerprint density at radius 2 is 1.26 bits per heavy atom. The highest BCUT2D eigenvalue weighted by Gasteiger charge is 2.45. The van der Waals surface area contributed by atoms with Crippen LogP contribution in [0, 0.1) is 0 Å². The number of H-pyrrole nitrogens is 2. The van der Waals surface area contributed by atoms with E-state index < -0.39 is 0 Å². The molecule has 0 amide bonds. The summed E-state index contributed by atoms with van der Waals surface area (Å²) in [5, 5.41) is 2.68. The van der Waals surface area contributed by atoms with Crippen LogP contribution < -0.4 is 0 Å². The summed E-state index contributed by atoms with van der Waals surface area (Å²) in [5.41, 5.74) is 9.49. The second kappa shape index (κ2) is 7.78. The highest BCUT2D eigenvalue weighted by Crippen LogP contribution is 2.58. The molecule has 0 bridgehead atoms. The summed E-state index contributed by atoms with van der Waals surface area (Å²) in [5.74, 6) is 0.996. The molecule has 2 aromatic heterocycles. The van der Waals surface area contributed by atoms with Crippen LogP contribution in [0.1, 0.15) is 45.7 Å². The minimum absolute atomic E-state index is 0.259. The fourth-order valence-electron chi connectivity index (χ4n) is 6.32. The smallest absolute Gasteiger partial charge is 0.0459 e. The molecule has 0 unspecified atom stereocenters. The molecule has 7 rings (SSSR count). The maximum absolute atomic E-state index is 3.88. The lowest BCUT2D eigenvalue weighted by atomic mass is 9.76. The maximum atomic E-state index is 3.88. The van der Waals surface area contributed by atoms with Crippen LogP contribution >= 0.6 is 0 Å². The van der Waals surface area contributed by atoms with E-state index in [1.807, 2.05) is 0 Å². The summed E-state index contributed by atoms with van der Waals surface area (Å²) >= 11 is 0. The molecule has 0 radical (unpaired) electrons. The molecule has 2 heteroatoms. The van der Waals surface area contributed by atoms with Crippen molar-refractivity contribution in [3.8, 4) is 0 Å². The fraction of sp³-hybridized carbons (Fsp3) is 0.125. The van der Waals surface area contributed by atoms with Crippen LogP contribution in [0.15, 0.2) is 115 Å². The molecule has 1 aliphatic carbocycles. The van der Waals surface area contributed by atoms with E-state index in [9.17, 15) is 0 Å². The topological polar surface area (TPSA) is 31.6 Å². The highest BCUT2D eigenvalue weighted by atomic mass is 14.8. The Balaban J connectivity index is 1.51. The van der Waals surface area contributed by atoms with E-state index in [-0.39, 0.29) is 5.92 Å². The molecule has 2 heterocycles. The van der Waals surface area contributed by atoms with E-state index in [2.05, 4.69) is 125 Å². The Hall–Kier alpha value is -4.04. The predicted molar refractivity (Wildman–Crippen MR) is 141 cm³/mol. The molecule has 4 aromatic carbocycles. The van der Waals surface area contributed by atoms with Gasteiger partial charge in [-0.15, -0.1) is 0 Å². The zero-order valence-corrected chi connectivity index (χ0v) is 18.9. The number of hydrogen-bond donors (Lipinski definition) is 2. The summed E-state index contributed by atoms with van der Waals surface area (Å²) in [7, 11) is 0. The summed E-state index contributed by atoms with van der Waals surface area (Å²) in [6, 6.07) is 39.6. The zero-order chi connectivity index (χ0) is 22.5. The van der Waals surface area contributed by atoms with Crippen molar-refractivity contribution in [2.24, 2.45) is 0 Å². The van der Waals surface area contributed by atoms with Gasteiger partial charge in [-0.3, -0.25) is 0 Å². The van der Waals surface area contributed by atoms with E-state index in [1.165, 1.54) is 49.8 Å². The van der Waals surface area contributed by atoms with Gasteiger partial charge in [0.25, 0.3) is 0 Å². The minimum atomic E-state index is 0.259. The molecule has 2 nitrogen and oxygen atoms in total. The van der Waals surface area contributed by atoms with Gasteiger partial charge >= 0.3 is 0 Å². The fourth-order valence-corrected chi connectivity index (χ4v) is 6.32. The minimum Gasteiger partial charge on any atom is -0.361 e. The van der Waals surface area contributed by atoms with Gasteiger partial charge < -0.3 is 9.97 Å². The first-order chi connectivity index (χ1) is 16.9. The molecule has 3 atom stereocenters. The molecule has 6 aromatic rings. The van der Waals surface area contributed by atoms with Crippen molar-refractivity contribution < 1.29 is 0 Å². The molecule has 2 N–H and O–H groups in total. The Morgan fingerprint density at radius 3 is 2.06 bits per heavy atom. The van der Waals surface area contributed by atoms with Crippen LogP contribution in [0.4, 0.5) is 0 Å². The van der Waals surface area contributed by atoms with Gasteiger partial charge in [0.2, 0.25) is 0 Å². The summed E-state index contributed by atoms with van der Waals surface area (Å²) in [6.07, 6.45) is 3.26. The lowest BCUT2D eigenvalue weighted by molar-refractivity contribution is 0.536. The molecule has 0 fully saturated rings. The monoisotopic (exact) mass is 438 g/mol. The highest BCUT2D eigenvalue weighted by molar-refractivity contribution is 5.89. The lowest BCUT2D eigenvalue weighted by Gasteiger charge is -2.27. The van der Waals surface area contributed by atoms with Crippen LogP contribution in [0.2, 0.25) is 0 Å². The molecule has 1 aliphatic rings. The van der Waals surface area contributed by atoms with Gasteiger partial charge in [0, 0.05) is 45.5 Å². The van der Waals surface area contributed by atoms with Gasteiger partial charge in [-0.1, -0.05) is 97.1 Å². The first-order valence-corrected chi connectivity index (χ1v) is 12.1. The SMILES string of the molecule is c1ccc(C[C@H]2c3c([nH]c4ccccc34)[C@@H](c3c[nH]c4ccccc34)[C@@H]2c2ccccc2)cc1. The molecule has 0 saturated heterocycles. The van der Waals surface area contributed by atoms with Crippen LogP contribution in [0.3, 0.4) is 0 Å². The number of fused-ring (bicyclic) bond motifs is 4. The largest absolute Gasteiger partial charge is 0.361 e. The second-order valence-corrected chi connectivity index (χ2v) is 9.50. The molecule has 164 valence electrons. The van der Waals surface area contributed by atoms with E-state index in [4.69, 9.17) is 0 Å². The number of hydrogen-bond acceptors (Lipinski definition) is 0. The Morgan fingerprint density at radius 1 is 0.618 bits per heavy atom. The summed E-state index contributed by atoms with van der Waals surface area (Å²) in [4.78, 5) is 7.43. The maximum Gasteiger partial charge on any atom is 0.0459 e. The third-order valence-electron chi connectivity index (χ3n) is 7.69. The van der Waals surface area contributed by atoms with Gasteiger partial charge in [-0.25, -0.2) is 0 Å². The second-order valence-electron chi connectivity index (χ2n) is 9.50. The number of aromatic amines is 2. The van der Waals surface area contributed by atoms with Gasteiger partial charge in [-0.05, 0) is 46.7 Å². The summed E-state index contributed by atoms with van der Waals surface area (Å²) < 4.78 is 0. The Bertz CT molecular complexity index is 1590. The third kappa shape index (κ3) is 2.95. The third-order valence-corrected chi connectivity index (χ3v) is 7.69. The van der Waals surface area contributed by atoms with Crippen molar-refractivity contribution in [3.05, 3.63) is 143 Å². The molecular formula is C32H26N2. The Kier molecular flexibility index (Phi) is 4.44. The first kappa shape index (κ1) is 19.4. The van der Waals surface area contributed by atoms with Gasteiger partial charge in [-0.2, -0.15) is 0 Å². The Labute approximate surface area is 199 Å². The number of benzene rings is 4. The molecule has 0 aliphatic heterocycles. The molecule has 0 spiro atoms. The number of nitrogens with one attached hydrogen (secondary N) is 2. The van der Waals surface area contributed by atoms with Crippen LogP contribution in [-0.2, 0) is 6.42 Å². The normalized spacial score (nSPS) is 19.6. The average molecular weight is 439 g/mol. The van der Waals surface area contributed by atoms with Crippen molar-refractivity contribution in [1.82, 2.24) is 9.97 Å². The van der Waals surface area contributed by atoms with Crippen molar-refractivity contribution in [2.45, 2.75) is 24.2 Å². The van der Waals surface area contributed by atoms with Crippen LogP contribution in [-0.4, -0.2) is 9.97 Å². The van der Waals surface area contributed by atoms with Crippen molar-refractivity contribution >= 4 is 21.8 Å². The first-order valence-electron chi connectivity index (χ1n) is 12.1. The number of aromatic nitrogens is 2. The lowest BCUT2D eigenvalue weighted by Crippen LogP contribution is -2.14.